The summed E-state index contributed by atoms with van der Waals surface area (Å²) in [5.41, 5.74) is 3.68. The van der Waals surface area contributed by atoms with E-state index in [-0.39, 0.29) is 0 Å². The van der Waals surface area contributed by atoms with Crippen molar-refractivity contribution in [3.63, 3.8) is 0 Å². The number of rotatable bonds is 4. The van der Waals surface area contributed by atoms with Crippen LogP contribution < -0.4 is 9.80 Å². The Kier molecular flexibility index (Phi) is 4.76. The number of morpholine rings is 1. The molecule has 158 valence electrons. The zero-order chi connectivity index (χ0) is 19.9. The highest BCUT2D eigenvalue weighted by molar-refractivity contribution is 5.38. The van der Waals surface area contributed by atoms with E-state index in [4.69, 9.17) is 19.7 Å². The average Bonchev–Trinajstić information content (AvgIpc) is 3.42. The standard InChI is InChI=1S/C22H29N7O/c1-2-8-27(7-1)21-23-6-5-16(25-21)15-29-17-3-4-20(29)18-14-24-22(26-19(18)13-17)28-9-11-30-12-10-28/h5-6,14,17,20H,1-4,7-13,15H2/t17-,20+/m0/s1. The molecule has 30 heavy (non-hydrogen) atoms. The largest absolute Gasteiger partial charge is 0.378 e. The van der Waals surface area contributed by atoms with Crippen molar-refractivity contribution >= 4 is 11.9 Å². The maximum atomic E-state index is 5.47. The molecule has 2 atom stereocenters. The maximum Gasteiger partial charge on any atom is 0.225 e. The van der Waals surface area contributed by atoms with Crippen molar-refractivity contribution in [1.82, 2.24) is 24.8 Å². The van der Waals surface area contributed by atoms with Crippen LogP contribution >= 0.6 is 0 Å². The van der Waals surface area contributed by atoms with Crippen LogP contribution in [0.1, 0.15) is 48.7 Å². The molecule has 0 saturated carbocycles. The fourth-order valence-electron chi connectivity index (χ4n) is 5.45. The second kappa shape index (κ2) is 7.74. The lowest BCUT2D eigenvalue weighted by atomic mass is 9.99. The highest BCUT2D eigenvalue weighted by Crippen LogP contribution is 2.44. The van der Waals surface area contributed by atoms with Crippen molar-refractivity contribution in [1.29, 1.82) is 0 Å². The van der Waals surface area contributed by atoms with Gasteiger partial charge < -0.3 is 14.5 Å². The van der Waals surface area contributed by atoms with Crippen LogP contribution in [0.4, 0.5) is 11.9 Å². The summed E-state index contributed by atoms with van der Waals surface area (Å²) < 4.78 is 5.47. The zero-order valence-corrected chi connectivity index (χ0v) is 17.4. The van der Waals surface area contributed by atoms with Gasteiger partial charge in [-0.05, 0) is 31.7 Å². The summed E-state index contributed by atoms with van der Waals surface area (Å²) in [4.78, 5) is 26.3. The van der Waals surface area contributed by atoms with Crippen LogP contribution in [0, 0.1) is 0 Å². The Morgan fingerprint density at radius 3 is 2.60 bits per heavy atom. The second-order valence-electron chi connectivity index (χ2n) is 8.84. The average molecular weight is 408 g/mol. The van der Waals surface area contributed by atoms with Crippen LogP contribution in [0.5, 0.6) is 0 Å². The van der Waals surface area contributed by atoms with E-state index < -0.39 is 0 Å². The number of aromatic nitrogens is 4. The Morgan fingerprint density at radius 2 is 1.73 bits per heavy atom. The number of anilines is 2. The molecule has 0 aliphatic carbocycles. The van der Waals surface area contributed by atoms with Crippen molar-refractivity contribution in [2.24, 2.45) is 0 Å². The first-order chi connectivity index (χ1) is 14.8. The molecular weight excluding hydrogens is 378 g/mol. The van der Waals surface area contributed by atoms with Gasteiger partial charge in [0, 0.05) is 69.2 Å². The Hall–Kier alpha value is -2.32. The second-order valence-corrected chi connectivity index (χ2v) is 8.84. The Morgan fingerprint density at radius 1 is 0.933 bits per heavy atom. The van der Waals surface area contributed by atoms with E-state index in [1.165, 1.54) is 36.9 Å². The molecule has 2 aromatic rings. The van der Waals surface area contributed by atoms with Gasteiger partial charge in [0.25, 0.3) is 0 Å². The number of hydrogen-bond donors (Lipinski definition) is 0. The lowest BCUT2D eigenvalue weighted by molar-refractivity contribution is 0.122. The normalized spacial score (nSPS) is 26.3. The van der Waals surface area contributed by atoms with Crippen molar-refractivity contribution in [2.75, 3.05) is 49.2 Å². The molecule has 0 N–H and O–H groups in total. The summed E-state index contributed by atoms with van der Waals surface area (Å²) in [6, 6.07) is 3.02. The molecule has 2 bridgehead atoms. The molecule has 0 spiro atoms. The van der Waals surface area contributed by atoms with Crippen molar-refractivity contribution < 1.29 is 4.74 Å². The lowest BCUT2D eigenvalue weighted by Gasteiger charge is -2.36. The van der Waals surface area contributed by atoms with E-state index in [1.807, 2.05) is 6.20 Å². The smallest absolute Gasteiger partial charge is 0.225 e. The molecule has 2 aromatic heterocycles. The van der Waals surface area contributed by atoms with Crippen LogP contribution in [0.3, 0.4) is 0 Å². The molecule has 4 aliphatic rings. The van der Waals surface area contributed by atoms with Gasteiger partial charge in [0.05, 0.1) is 24.6 Å². The predicted molar refractivity (Wildman–Crippen MR) is 114 cm³/mol. The summed E-state index contributed by atoms with van der Waals surface area (Å²) in [5.74, 6) is 1.77. The minimum Gasteiger partial charge on any atom is -0.378 e. The topological polar surface area (TPSA) is 70.5 Å². The minimum atomic E-state index is 0.405. The third-order valence-corrected chi connectivity index (χ3v) is 7.05. The highest BCUT2D eigenvalue weighted by atomic mass is 16.5. The Labute approximate surface area is 177 Å². The minimum absolute atomic E-state index is 0.405. The van der Waals surface area contributed by atoms with E-state index in [1.54, 1.807) is 0 Å². The fourth-order valence-corrected chi connectivity index (χ4v) is 5.45. The van der Waals surface area contributed by atoms with Gasteiger partial charge in [-0.3, -0.25) is 4.90 Å². The molecular formula is C22H29N7O. The van der Waals surface area contributed by atoms with Gasteiger partial charge in [-0.25, -0.2) is 19.9 Å². The van der Waals surface area contributed by atoms with Gasteiger partial charge >= 0.3 is 0 Å². The van der Waals surface area contributed by atoms with Gasteiger partial charge in [0.15, 0.2) is 0 Å². The van der Waals surface area contributed by atoms with Gasteiger partial charge in [-0.2, -0.15) is 0 Å². The molecule has 0 aromatic carbocycles. The molecule has 6 heterocycles. The molecule has 4 aliphatic heterocycles. The van der Waals surface area contributed by atoms with E-state index in [9.17, 15) is 0 Å². The molecule has 3 saturated heterocycles. The number of hydrogen-bond acceptors (Lipinski definition) is 8. The third kappa shape index (κ3) is 3.32. The first-order valence-corrected chi connectivity index (χ1v) is 11.4. The summed E-state index contributed by atoms with van der Waals surface area (Å²) in [7, 11) is 0. The summed E-state index contributed by atoms with van der Waals surface area (Å²) >= 11 is 0. The lowest BCUT2D eigenvalue weighted by Crippen LogP contribution is -2.40. The SMILES string of the molecule is c1cc(CN2[C@H]3CC[C@@H]2c2cnc(N4CCOCC4)nc2C3)nc(N2CCCC2)n1. The van der Waals surface area contributed by atoms with Crippen LogP contribution in [-0.2, 0) is 17.7 Å². The first-order valence-electron chi connectivity index (χ1n) is 11.4. The maximum absolute atomic E-state index is 5.47. The predicted octanol–water partition coefficient (Wildman–Crippen LogP) is 1.97. The number of fused-ring (bicyclic) bond motifs is 4. The third-order valence-electron chi connectivity index (χ3n) is 7.05. The Bertz CT molecular complexity index is 910. The van der Waals surface area contributed by atoms with Crippen LogP contribution in [-0.4, -0.2) is 70.3 Å². The molecule has 8 nitrogen and oxygen atoms in total. The quantitative estimate of drug-likeness (QED) is 0.762. The van der Waals surface area contributed by atoms with Crippen LogP contribution in [0.25, 0.3) is 0 Å². The van der Waals surface area contributed by atoms with Crippen molar-refractivity contribution in [2.45, 2.75) is 50.7 Å². The zero-order valence-electron chi connectivity index (χ0n) is 17.4. The van der Waals surface area contributed by atoms with Gasteiger partial charge in [0.1, 0.15) is 0 Å². The van der Waals surface area contributed by atoms with Gasteiger partial charge in [-0.1, -0.05) is 0 Å². The summed E-state index contributed by atoms with van der Waals surface area (Å²) in [5, 5.41) is 0. The summed E-state index contributed by atoms with van der Waals surface area (Å²) in [6.45, 7) is 6.32. The van der Waals surface area contributed by atoms with E-state index in [0.29, 0.717) is 12.1 Å². The molecule has 3 fully saturated rings. The van der Waals surface area contributed by atoms with Crippen molar-refractivity contribution in [3.8, 4) is 0 Å². The Balaban J connectivity index is 1.22. The van der Waals surface area contributed by atoms with E-state index >= 15 is 0 Å². The molecule has 0 radical (unpaired) electrons. The highest BCUT2D eigenvalue weighted by Gasteiger charge is 2.41. The fraction of sp³-hybridized carbons (Fsp3) is 0.636. The van der Waals surface area contributed by atoms with E-state index in [0.717, 1.165) is 69.9 Å². The summed E-state index contributed by atoms with van der Waals surface area (Å²) in [6.07, 6.45) is 9.91. The molecule has 8 heteroatoms. The number of nitrogens with zero attached hydrogens (tertiary/aromatic N) is 7. The van der Waals surface area contributed by atoms with E-state index in [2.05, 4.69) is 31.9 Å². The molecule has 0 unspecified atom stereocenters. The van der Waals surface area contributed by atoms with Gasteiger partial charge in [-0.15, -0.1) is 0 Å². The van der Waals surface area contributed by atoms with Crippen molar-refractivity contribution in [3.05, 3.63) is 35.4 Å². The first kappa shape index (κ1) is 18.4. The monoisotopic (exact) mass is 407 g/mol. The molecule has 6 rings (SSSR count). The number of ether oxygens (including phenoxy) is 1. The molecule has 0 amide bonds. The van der Waals surface area contributed by atoms with Crippen LogP contribution in [0.2, 0.25) is 0 Å². The van der Waals surface area contributed by atoms with Gasteiger partial charge in [0.2, 0.25) is 11.9 Å². The van der Waals surface area contributed by atoms with Crippen LogP contribution in [0.15, 0.2) is 18.5 Å².